The van der Waals surface area contributed by atoms with Crippen molar-refractivity contribution in [3.63, 3.8) is 0 Å². The monoisotopic (exact) mass is 438 g/mol. The van der Waals surface area contributed by atoms with Gasteiger partial charge in [-0.25, -0.2) is 23.5 Å². The molecule has 1 N–H and O–H groups in total. The van der Waals surface area contributed by atoms with Gasteiger partial charge in [-0.3, -0.25) is 10.1 Å². The molecule has 0 atom stereocenters. The van der Waals surface area contributed by atoms with E-state index in [0.29, 0.717) is 11.4 Å². The molecular formula is C22H32F2N4O3. The van der Waals surface area contributed by atoms with E-state index < -0.39 is 28.6 Å². The average Bonchev–Trinajstić information content (AvgIpc) is 2.80. The Balaban J connectivity index is 1.98. The van der Waals surface area contributed by atoms with E-state index in [0.717, 1.165) is 0 Å². The Kier molecular flexibility index (Phi) is 5.56. The van der Waals surface area contributed by atoms with Crippen LogP contribution in [0.4, 0.5) is 25.2 Å². The first-order valence-corrected chi connectivity index (χ1v) is 10.7. The molecule has 0 unspecified atom stereocenters. The highest BCUT2D eigenvalue weighted by atomic mass is 19.3. The average molecular weight is 439 g/mol. The number of anilines is 2. The minimum atomic E-state index is -2.73. The van der Waals surface area contributed by atoms with Crippen LogP contribution in [0.25, 0.3) is 0 Å². The molecule has 1 saturated carbocycles. The number of carbonyl (C=O) groups excluding carboxylic acids is 2. The van der Waals surface area contributed by atoms with Crippen molar-refractivity contribution in [2.45, 2.75) is 96.6 Å². The second kappa shape index (κ2) is 7.38. The molecule has 2 aliphatic rings. The van der Waals surface area contributed by atoms with E-state index in [2.05, 4.69) is 15.3 Å². The highest BCUT2D eigenvalue weighted by Crippen LogP contribution is 2.59. The van der Waals surface area contributed by atoms with Gasteiger partial charge >= 0.3 is 6.09 Å². The molecular weight excluding hydrogens is 406 g/mol. The molecule has 0 saturated heterocycles. The fourth-order valence-corrected chi connectivity index (χ4v) is 4.68. The quantitative estimate of drug-likeness (QED) is 0.714. The Bertz CT molecular complexity index is 889. The molecule has 2 heterocycles. The third-order valence-electron chi connectivity index (χ3n) is 7.30. The van der Waals surface area contributed by atoms with Gasteiger partial charge in [0, 0.05) is 25.2 Å². The summed E-state index contributed by atoms with van der Waals surface area (Å²) in [5.74, 6) is -2.81. The zero-order chi connectivity index (χ0) is 23.4. The summed E-state index contributed by atoms with van der Waals surface area (Å²) < 4.78 is 33.5. The zero-order valence-electron chi connectivity index (χ0n) is 19.3. The number of nitrogens with one attached hydrogen (secondary N) is 1. The summed E-state index contributed by atoms with van der Waals surface area (Å²) in [5, 5.41) is 2.56. The van der Waals surface area contributed by atoms with Gasteiger partial charge in [-0.15, -0.1) is 0 Å². The molecule has 0 radical (unpaired) electrons. The number of halogens is 2. The predicted molar refractivity (Wildman–Crippen MR) is 113 cm³/mol. The molecule has 3 rings (SSSR count). The van der Waals surface area contributed by atoms with Crippen molar-refractivity contribution in [3.8, 4) is 0 Å². The number of aromatic nitrogens is 2. The van der Waals surface area contributed by atoms with Crippen molar-refractivity contribution in [1.29, 1.82) is 0 Å². The van der Waals surface area contributed by atoms with Gasteiger partial charge in [-0.1, -0.05) is 13.8 Å². The van der Waals surface area contributed by atoms with Crippen molar-refractivity contribution in [2.24, 2.45) is 5.92 Å². The van der Waals surface area contributed by atoms with Crippen LogP contribution in [0, 0.1) is 5.92 Å². The first-order valence-electron chi connectivity index (χ1n) is 10.7. The van der Waals surface area contributed by atoms with Crippen molar-refractivity contribution in [3.05, 3.63) is 11.9 Å². The standard InChI is InChI=1S/C22H32F2N4O3/c1-13(2)19(4,5)31-18(30)27-17-25-12-15-16(26-17)21(8-10-22(23,24)11-9-21)20(6,7)28(15)14(3)29/h12-13H,8-11H2,1-7H3,(H,25,26,27,30). The van der Waals surface area contributed by atoms with Crippen LogP contribution in [0.3, 0.4) is 0 Å². The van der Waals surface area contributed by atoms with E-state index >= 15 is 0 Å². The lowest BCUT2D eigenvalue weighted by Crippen LogP contribution is -2.57. The second-order valence-corrected chi connectivity index (χ2v) is 10.1. The summed E-state index contributed by atoms with van der Waals surface area (Å²) in [6, 6.07) is 0. The van der Waals surface area contributed by atoms with Crippen LogP contribution in [-0.2, 0) is 14.9 Å². The van der Waals surface area contributed by atoms with Crippen LogP contribution < -0.4 is 10.2 Å². The van der Waals surface area contributed by atoms with E-state index in [9.17, 15) is 18.4 Å². The molecule has 7 nitrogen and oxygen atoms in total. The van der Waals surface area contributed by atoms with Crippen molar-refractivity contribution in [1.82, 2.24) is 9.97 Å². The van der Waals surface area contributed by atoms with E-state index in [4.69, 9.17) is 4.74 Å². The number of nitrogens with zero attached hydrogens (tertiary/aromatic N) is 3. The number of alkyl halides is 2. The second-order valence-electron chi connectivity index (χ2n) is 10.1. The molecule has 172 valence electrons. The lowest BCUT2D eigenvalue weighted by Gasteiger charge is -2.48. The third kappa shape index (κ3) is 3.87. The van der Waals surface area contributed by atoms with Crippen molar-refractivity contribution < 1.29 is 23.1 Å². The molecule has 2 amide bonds. The summed E-state index contributed by atoms with van der Waals surface area (Å²) in [7, 11) is 0. The van der Waals surface area contributed by atoms with Crippen LogP contribution >= 0.6 is 0 Å². The lowest BCUT2D eigenvalue weighted by molar-refractivity contribution is -0.118. The molecule has 1 spiro atoms. The topological polar surface area (TPSA) is 84.4 Å². The fraction of sp³-hybridized carbons (Fsp3) is 0.727. The normalized spacial score (nSPS) is 21.2. The Labute approximate surface area is 182 Å². The van der Waals surface area contributed by atoms with Crippen LogP contribution in [0.2, 0.25) is 0 Å². The first kappa shape index (κ1) is 23.3. The van der Waals surface area contributed by atoms with E-state index in [-0.39, 0.29) is 43.5 Å². The van der Waals surface area contributed by atoms with Gasteiger partial charge in [0.15, 0.2) is 0 Å². The summed E-state index contributed by atoms with van der Waals surface area (Å²) in [6.45, 7) is 12.7. The molecule has 1 aliphatic heterocycles. The molecule has 0 aromatic carbocycles. The zero-order valence-corrected chi connectivity index (χ0v) is 19.3. The maximum absolute atomic E-state index is 14.0. The summed E-state index contributed by atoms with van der Waals surface area (Å²) in [4.78, 5) is 35.3. The van der Waals surface area contributed by atoms with Gasteiger partial charge in [0.05, 0.1) is 23.1 Å². The van der Waals surface area contributed by atoms with Gasteiger partial charge in [0.2, 0.25) is 17.8 Å². The Morgan fingerprint density at radius 2 is 1.77 bits per heavy atom. The molecule has 0 bridgehead atoms. The van der Waals surface area contributed by atoms with E-state index in [1.54, 1.807) is 4.90 Å². The van der Waals surface area contributed by atoms with Crippen molar-refractivity contribution >= 4 is 23.6 Å². The van der Waals surface area contributed by atoms with Gasteiger partial charge in [-0.2, -0.15) is 0 Å². The minimum Gasteiger partial charge on any atom is -0.443 e. The summed E-state index contributed by atoms with van der Waals surface area (Å²) >= 11 is 0. The van der Waals surface area contributed by atoms with E-state index in [1.807, 2.05) is 41.5 Å². The molecule has 1 aliphatic carbocycles. The van der Waals surface area contributed by atoms with Crippen LogP contribution in [0.5, 0.6) is 0 Å². The highest BCUT2D eigenvalue weighted by Gasteiger charge is 2.61. The summed E-state index contributed by atoms with van der Waals surface area (Å²) in [5.41, 5.74) is -1.17. The smallest absolute Gasteiger partial charge is 0.414 e. The Morgan fingerprint density at radius 3 is 2.29 bits per heavy atom. The number of ether oxygens (including phenoxy) is 1. The number of carbonyl (C=O) groups is 2. The number of amides is 2. The van der Waals surface area contributed by atoms with Gasteiger partial charge in [0.1, 0.15) is 5.60 Å². The van der Waals surface area contributed by atoms with Crippen LogP contribution in [0.15, 0.2) is 6.20 Å². The molecule has 1 aromatic rings. The Hall–Kier alpha value is -2.32. The molecule has 9 heteroatoms. The number of rotatable bonds is 3. The minimum absolute atomic E-state index is 0.0289. The van der Waals surface area contributed by atoms with Gasteiger partial charge < -0.3 is 9.64 Å². The SMILES string of the molecule is CC(=O)N1c2cnc(NC(=O)OC(C)(C)C(C)C)nc2C2(CCC(F)(F)CC2)C1(C)C. The fourth-order valence-electron chi connectivity index (χ4n) is 4.68. The third-order valence-corrected chi connectivity index (χ3v) is 7.30. The highest BCUT2D eigenvalue weighted by molar-refractivity contribution is 5.96. The molecule has 1 aromatic heterocycles. The molecule has 31 heavy (non-hydrogen) atoms. The first-order chi connectivity index (χ1) is 14.1. The predicted octanol–water partition coefficient (Wildman–Crippen LogP) is 5.05. The number of fused-ring (bicyclic) bond motifs is 2. The van der Waals surface area contributed by atoms with E-state index in [1.165, 1.54) is 13.1 Å². The van der Waals surface area contributed by atoms with Crippen molar-refractivity contribution in [2.75, 3.05) is 10.2 Å². The maximum atomic E-state index is 14.0. The largest absolute Gasteiger partial charge is 0.443 e. The van der Waals surface area contributed by atoms with Gasteiger partial charge in [-0.05, 0) is 46.5 Å². The lowest BCUT2D eigenvalue weighted by atomic mass is 9.62. The molecule has 1 fully saturated rings. The number of hydrogen-bond acceptors (Lipinski definition) is 5. The van der Waals surface area contributed by atoms with Crippen LogP contribution in [0.1, 0.15) is 79.8 Å². The maximum Gasteiger partial charge on any atom is 0.414 e. The Morgan fingerprint density at radius 1 is 1.19 bits per heavy atom. The summed E-state index contributed by atoms with van der Waals surface area (Å²) in [6.07, 6.45) is 0.605. The van der Waals surface area contributed by atoms with Gasteiger partial charge in [0.25, 0.3) is 0 Å². The number of hydrogen-bond donors (Lipinski definition) is 1. The van der Waals surface area contributed by atoms with Crippen LogP contribution in [-0.4, -0.2) is 39.0 Å².